The summed E-state index contributed by atoms with van der Waals surface area (Å²) in [6, 6.07) is 19.9. The molecule has 4 rings (SSSR count). The number of benzene rings is 3. The van der Waals surface area contributed by atoms with Crippen molar-refractivity contribution in [3.8, 4) is 11.1 Å². The molecule has 0 fully saturated rings. The molecule has 0 aliphatic heterocycles. The van der Waals surface area contributed by atoms with E-state index in [2.05, 4.69) is 41.5 Å². The molecule has 0 aliphatic carbocycles. The fourth-order valence-corrected chi connectivity index (χ4v) is 3.28. The number of para-hydroxylation sites is 1. The van der Waals surface area contributed by atoms with Crippen molar-refractivity contribution in [1.29, 1.82) is 0 Å². The molecule has 5 heteroatoms. The van der Waals surface area contributed by atoms with E-state index in [4.69, 9.17) is 0 Å². The zero-order valence-corrected chi connectivity index (χ0v) is 16.2. The number of hydrogen-bond acceptors (Lipinski definition) is 2. The third-order valence-electron chi connectivity index (χ3n) is 4.98. The van der Waals surface area contributed by atoms with Gasteiger partial charge < -0.3 is 4.98 Å². The Morgan fingerprint density at radius 3 is 2.52 bits per heavy atom. The molecule has 29 heavy (non-hydrogen) atoms. The number of halogens is 1. The Labute approximate surface area is 168 Å². The predicted molar refractivity (Wildman–Crippen MR) is 115 cm³/mol. The molecule has 0 spiro atoms. The van der Waals surface area contributed by atoms with Crippen LogP contribution in [0, 0.1) is 19.7 Å². The van der Waals surface area contributed by atoms with Gasteiger partial charge in [-0.1, -0.05) is 48.5 Å². The number of carbonyl (C=O) groups is 1. The van der Waals surface area contributed by atoms with E-state index in [0.29, 0.717) is 11.3 Å². The molecule has 0 atom stereocenters. The van der Waals surface area contributed by atoms with Crippen LogP contribution in [-0.2, 0) is 0 Å². The van der Waals surface area contributed by atoms with Crippen LogP contribution >= 0.6 is 0 Å². The van der Waals surface area contributed by atoms with E-state index in [9.17, 15) is 9.18 Å². The van der Waals surface area contributed by atoms with Gasteiger partial charge in [0.15, 0.2) is 0 Å². The van der Waals surface area contributed by atoms with Gasteiger partial charge in [0.1, 0.15) is 11.5 Å². The molecule has 0 bridgehead atoms. The summed E-state index contributed by atoms with van der Waals surface area (Å²) in [6.07, 6.45) is 1.48. The van der Waals surface area contributed by atoms with Crippen molar-refractivity contribution in [3.05, 3.63) is 94.9 Å². The molecular weight excluding hydrogens is 365 g/mol. The van der Waals surface area contributed by atoms with Gasteiger partial charge in [-0.15, -0.1) is 0 Å². The summed E-state index contributed by atoms with van der Waals surface area (Å²) in [5.74, 6) is -0.657. The zero-order chi connectivity index (χ0) is 20.4. The normalized spacial score (nSPS) is 11.3. The third-order valence-corrected chi connectivity index (χ3v) is 4.98. The van der Waals surface area contributed by atoms with Gasteiger partial charge in [-0.05, 0) is 54.3 Å². The highest BCUT2D eigenvalue weighted by molar-refractivity contribution is 6.09. The molecule has 1 heterocycles. The largest absolute Gasteiger partial charge is 0.350 e. The van der Waals surface area contributed by atoms with Crippen LogP contribution in [0.4, 0.5) is 4.39 Å². The van der Waals surface area contributed by atoms with Gasteiger partial charge >= 0.3 is 0 Å². The molecule has 0 aliphatic rings. The molecular formula is C24H20FN3O. The first-order valence-corrected chi connectivity index (χ1v) is 9.30. The monoisotopic (exact) mass is 385 g/mol. The van der Waals surface area contributed by atoms with Gasteiger partial charge in [0.05, 0.1) is 6.21 Å². The second-order valence-corrected chi connectivity index (χ2v) is 6.97. The highest BCUT2D eigenvalue weighted by Gasteiger charge is 2.19. The first-order valence-electron chi connectivity index (χ1n) is 9.30. The minimum absolute atomic E-state index is 0.317. The number of aryl methyl sites for hydroxylation is 2. The average molecular weight is 385 g/mol. The first-order chi connectivity index (χ1) is 14.0. The Kier molecular flexibility index (Phi) is 4.96. The number of amides is 1. The Hall–Kier alpha value is -3.73. The molecule has 2 N–H and O–H groups in total. The summed E-state index contributed by atoms with van der Waals surface area (Å²) in [5.41, 5.74) is 8.76. The van der Waals surface area contributed by atoms with Gasteiger partial charge in [0, 0.05) is 16.5 Å². The van der Waals surface area contributed by atoms with Crippen molar-refractivity contribution < 1.29 is 9.18 Å². The number of aromatic nitrogens is 1. The van der Waals surface area contributed by atoms with Crippen LogP contribution in [0.2, 0.25) is 0 Å². The van der Waals surface area contributed by atoms with Crippen molar-refractivity contribution in [3.63, 3.8) is 0 Å². The standard InChI is InChI=1S/C24H20FN3O/c1-15-7-10-18(13-16(15)2)22-20-5-3-4-6-21(20)27-23(22)24(29)28-26-14-17-8-11-19(25)12-9-17/h3-14,27H,1-2H3,(H,28,29)/b26-14+. The molecule has 4 aromatic rings. The van der Waals surface area contributed by atoms with E-state index >= 15 is 0 Å². The maximum Gasteiger partial charge on any atom is 0.288 e. The van der Waals surface area contributed by atoms with E-state index in [-0.39, 0.29) is 11.7 Å². The lowest BCUT2D eigenvalue weighted by Gasteiger charge is -2.07. The predicted octanol–water partition coefficient (Wildman–Crippen LogP) is 5.35. The van der Waals surface area contributed by atoms with Gasteiger partial charge in [0.25, 0.3) is 5.91 Å². The number of H-pyrrole nitrogens is 1. The molecule has 144 valence electrons. The first kappa shape index (κ1) is 18.6. The van der Waals surface area contributed by atoms with E-state index in [1.165, 1.54) is 23.9 Å². The van der Waals surface area contributed by atoms with Crippen LogP contribution in [0.1, 0.15) is 27.2 Å². The number of aromatic amines is 1. The van der Waals surface area contributed by atoms with Crippen LogP contribution in [0.5, 0.6) is 0 Å². The van der Waals surface area contributed by atoms with Crippen LogP contribution in [0.15, 0.2) is 71.8 Å². The number of fused-ring (bicyclic) bond motifs is 1. The van der Waals surface area contributed by atoms with Crippen molar-refractivity contribution in [2.24, 2.45) is 5.10 Å². The number of carbonyl (C=O) groups excluding carboxylic acids is 1. The van der Waals surface area contributed by atoms with Crippen molar-refractivity contribution in [1.82, 2.24) is 10.4 Å². The molecule has 4 nitrogen and oxygen atoms in total. The van der Waals surface area contributed by atoms with Crippen molar-refractivity contribution in [2.75, 3.05) is 0 Å². The second kappa shape index (κ2) is 7.72. The van der Waals surface area contributed by atoms with Crippen LogP contribution in [0.25, 0.3) is 22.0 Å². The smallest absolute Gasteiger partial charge is 0.288 e. The van der Waals surface area contributed by atoms with Crippen molar-refractivity contribution >= 4 is 23.0 Å². The Balaban J connectivity index is 1.70. The highest BCUT2D eigenvalue weighted by atomic mass is 19.1. The Morgan fingerprint density at radius 1 is 1.00 bits per heavy atom. The number of nitrogens with one attached hydrogen (secondary N) is 2. The van der Waals surface area contributed by atoms with E-state index in [0.717, 1.165) is 27.6 Å². The summed E-state index contributed by atoms with van der Waals surface area (Å²) in [6.45, 7) is 4.12. The van der Waals surface area contributed by atoms with Crippen LogP contribution in [0.3, 0.4) is 0 Å². The maximum atomic E-state index is 13.0. The van der Waals surface area contributed by atoms with Gasteiger partial charge in [-0.3, -0.25) is 4.79 Å². The number of hydrogen-bond donors (Lipinski definition) is 2. The lowest BCUT2D eigenvalue weighted by molar-refractivity contribution is 0.0951. The summed E-state index contributed by atoms with van der Waals surface area (Å²) in [5, 5.41) is 4.99. The minimum atomic E-state index is -0.340. The topological polar surface area (TPSA) is 57.2 Å². The second-order valence-electron chi connectivity index (χ2n) is 6.97. The fourth-order valence-electron chi connectivity index (χ4n) is 3.28. The minimum Gasteiger partial charge on any atom is -0.350 e. The number of hydrazone groups is 1. The molecule has 0 radical (unpaired) electrons. The van der Waals surface area contributed by atoms with Crippen molar-refractivity contribution in [2.45, 2.75) is 13.8 Å². The van der Waals surface area contributed by atoms with E-state index in [1.54, 1.807) is 12.1 Å². The van der Waals surface area contributed by atoms with E-state index in [1.807, 2.05) is 30.3 Å². The maximum absolute atomic E-state index is 13.0. The average Bonchev–Trinajstić information content (AvgIpc) is 3.11. The van der Waals surface area contributed by atoms with Gasteiger partial charge in [0.2, 0.25) is 0 Å². The molecule has 0 saturated carbocycles. The zero-order valence-electron chi connectivity index (χ0n) is 16.2. The molecule has 1 amide bonds. The lowest BCUT2D eigenvalue weighted by atomic mass is 9.98. The Morgan fingerprint density at radius 2 is 1.76 bits per heavy atom. The molecule has 1 aromatic heterocycles. The summed E-state index contributed by atoms with van der Waals surface area (Å²) in [4.78, 5) is 16.1. The lowest BCUT2D eigenvalue weighted by Crippen LogP contribution is -2.18. The molecule has 0 saturated heterocycles. The summed E-state index contributed by atoms with van der Waals surface area (Å²) >= 11 is 0. The SMILES string of the molecule is Cc1ccc(-c2c(C(=O)N/N=C/c3ccc(F)cc3)[nH]c3ccccc23)cc1C. The summed E-state index contributed by atoms with van der Waals surface area (Å²) < 4.78 is 13.0. The van der Waals surface area contributed by atoms with Crippen LogP contribution < -0.4 is 5.43 Å². The van der Waals surface area contributed by atoms with Gasteiger partial charge in [-0.2, -0.15) is 5.10 Å². The Bertz CT molecular complexity index is 1220. The van der Waals surface area contributed by atoms with E-state index < -0.39 is 0 Å². The quantitative estimate of drug-likeness (QED) is 0.361. The molecule has 0 unspecified atom stereocenters. The van der Waals surface area contributed by atoms with Gasteiger partial charge in [-0.25, -0.2) is 9.82 Å². The fraction of sp³-hybridized carbons (Fsp3) is 0.0833. The number of rotatable bonds is 4. The third kappa shape index (κ3) is 3.80. The highest BCUT2D eigenvalue weighted by Crippen LogP contribution is 2.33. The molecule has 3 aromatic carbocycles. The number of nitrogens with zero attached hydrogens (tertiary/aromatic N) is 1. The summed E-state index contributed by atoms with van der Waals surface area (Å²) in [7, 11) is 0. The van der Waals surface area contributed by atoms with Crippen LogP contribution in [-0.4, -0.2) is 17.1 Å².